The summed E-state index contributed by atoms with van der Waals surface area (Å²) < 4.78 is 11.7. The van der Waals surface area contributed by atoms with Gasteiger partial charge >= 0.3 is 5.97 Å². The summed E-state index contributed by atoms with van der Waals surface area (Å²) in [5, 5.41) is 66.4. The Morgan fingerprint density at radius 1 is 0.883 bits per heavy atom. The first-order valence-corrected chi connectivity index (χ1v) is 20.8. The maximum atomic E-state index is 12.3. The van der Waals surface area contributed by atoms with Gasteiger partial charge in [0.1, 0.15) is 29.8 Å². The van der Waals surface area contributed by atoms with Crippen LogP contribution in [0.5, 0.6) is 0 Å². The Morgan fingerprint density at radius 2 is 1.55 bits per heavy atom. The molecular formula is C46H68N4O10. The lowest BCUT2D eigenvalue weighted by atomic mass is 9.92. The fraction of sp³-hybridized carbons (Fsp3) is 0.522. The molecule has 9 atom stereocenters. The molecule has 9 N–H and O–H groups in total. The van der Waals surface area contributed by atoms with E-state index in [9.17, 15) is 39.9 Å². The van der Waals surface area contributed by atoms with Gasteiger partial charge in [-0.1, -0.05) is 106 Å². The SMILES string of the molecule is CNC(=N)NCCCC=CCC(C)C=CCCCC(C)C=C(C)C(OC1OC(C(=O)O)C(O)C(O)C1O)C(C)C=CC=CC=CC=CC=C(C)C(=O)NC1=C(O)CCC1=O. The van der Waals surface area contributed by atoms with E-state index in [4.69, 9.17) is 14.9 Å². The molecule has 1 aliphatic heterocycles. The largest absolute Gasteiger partial charge is 0.510 e. The Labute approximate surface area is 355 Å². The predicted molar refractivity (Wildman–Crippen MR) is 234 cm³/mol. The number of guanidine groups is 1. The fourth-order valence-electron chi connectivity index (χ4n) is 6.43. The number of hydrogen-bond donors (Lipinski definition) is 9. The van der Waals surface area contributed by atoms with Gasteiger partial charge in [0.15, 0.2) is 24.1 Å². The zero-order valence-corrected chi connectivity index (χ0v) is 35.9. The monoisotopic (exact) mass is 836 g/mol. The van der Waals surface area contributed by atoms with Crippen LogP contribution in [0.4, 0.5) is 0 Å². The first kappa shape index (κ1) is 51.3. The third kappa shape index (κ3) is 18.6. The van der Waals surface area contributed by atoms with Gasteiger partial charge in [-0.3, -0.25) is 15.0 Å². The number of ketones is 1. The third-order valence-corrected chi connectivity index (χ3v) is 10.0. The molecular weight excluding hydrogens is 769 g/mol. The van der Waals surface area contributed by atoms with Crippen LogP contribution in [0.25, 0.3) is 0 Å². The van der Waals surface area contributed by atoms with Crippen molar-refractivity contribution in [2.75, 3.05) is 13.6 Å². The number of unbranched alkanes of at least 4 members (excludes halogenated alkanes) is 2. The first-order chi connectivity index (χ1) is 28.6. The second kappa shape index (κ2) is 27.8. The smallest absolute Gasteiger partial charge is 0.335 e. The number of aliphatic hydroxyl groups excluding tert-OH is 4. The molecule has 0 saturated carbocycles. The lowest BCUT2D eigenvalue weighted by Gasteiger charge is -2.40. The molecule has 14 nitrogen and oxygen atoms in total. The zero-order chi connectivity index (χ0) is 44.6. The van der Waals surface area contributed by atoms with Crippen molar-refractivity contribution in [2.24, 2.45) is 17.8 Å². The number of carbonyl (C=O) groups excluding carboxylic acids is 2. The molecule has 0 aromatic rings. The maximum Gasteiger partial charge on any atom is 0.335 e. The summed E-state index contributed by atoms with van der Waals surface area (Å²) in [6, 6.07) is 0. The van der Waals surface area contributed by atoms with Crippen LogP contribution in [0, 0.1) is 23.2 Å². The van der Waals surface area contributed by atoms with Crippen LogP contribution in [0.2, 0.25) is 0 Å². The van der Waals surface area contributed by atoms with Crippen molar-refractivity contribution < 1.29 is 49.4 Å². The number of hydrogen-bond acceptors (Lipinski definition) is 10. The average molecular weight is 837 g/mol. The number of carbonyl (C=O) groups is 3. The number of ether oxygens (including phenoxy) is 2. The first-order valence-electron chi connectivity index (χ1n) is 20.8. The minimum Gasteiger partial charge on any atom is -0.510 e. The summed E-state index contributed by atoms with van der Waals surface area (Å²) in [4.78, 5) is 35.9. The molecule has 14 heteroatoms. The number of aliphatic carboxylic acids is 1. The Balaban J connectivity index is 2.00. The molecule has 1 aliphatic carbocycles. The molecule has 332 valence electrons. The number of aliphatic hydroxyl groups is 4. The van der Waals surface area contributed by atoms with Crippen molar-refractivity contribution in [3.8, 4) is 0 Å². The Hall–Kier alpha value is -4.86. The van der Waals surface area contributed by atoms with Crippen molar-refractivity contribution in [3.05, 3.63) is 108 Å². The van der Waals surface area contributed by atoms with E-state index in [2.05, 4.69) is 60.2 Å². The number of carboxylic acid groups (broad SMARTS) is 1. The van der Waals surface area contributed by atoms with E-state index in [0.717, 1.165) is 50.6 Å². The van der Waals surface area contributed by atoms with Crippen LogP contribution < -0.4 is 16.0 Å². The number of allylic oxidation sites excluding steroid dienone is 15. The van der Waals surface area contributed by atoms with E-state index in [1.807, 2.05) is 32.1 Å². The van der Waals surface area contributed by atoms with E-state index in [-0.39, 0.29) is 41.9 Å². The van der Waals surface area contributed by atoms with Crippen LogP contribution in [0.1, 0.15) is 86.0 Å². The van der Waals surface area contributed by atoms with Gasteiger partial charge in [0.2, 0.25) is 0 Å². The lowest BCUT2D eigenvalue weighted by molar-refractivity contribution is -0.303. The van der Waals surface area contributed by atoms with Crippen molar-refractivity contribution in [2.45, 2.75) is 123 Å². The predicted octanol–water partition coefficient (Wildman–Crippen LogP) is 5.73. The maximum absolute atomic E-state index is 12.3. The summed E-state index contributed by atoms with van der Waals surface area (Å²) in [6.45, 7) is 10.5. The number of rotatable bonds is 24. The summed E-state index contributed by atoms with van der Waals surface area (Å²) >= 11 is 0. The molecule has 9 unspecified atom stereocenters. The number of amides is 1. The third-order valence-electron chi connectivity index (χ3n) is 10.0. The van der Waals surface area contributed by atoms with Crippen LogP contribution in [0.3, 0.4) is 0 Å². The van der Waals surface area contributed by atoms with E-state index in [1.54, 1.807) is 50.4 Å². The summed E-state index contributed by atoms with van der Waals surface area (Å²) in [6.07, 6.45) is 23.7. The molecule has 0 aromatic heterocycles. The lowest BCUT2D eigenvalue weighted by Crippen LogP contribution is -2.61. The van der Waals surface area contributed by atoms with Gasteiger partial charge in [0.25, 0.3) is 5.91 Å². The van der Waals surface area contributed by atoms with Gasteiger partial charge in [-0.05, 0) is 69.8 Å². The molecule has 0 spiro atoms. The molecule has 2 aliphatic rings. The molecule has 1 heterocycles. The standard InChI is InChI=1S/C46H68N4O10/c1-30(21-15-12-13-20-28-49-46(47)48-6)22-16-14-17-23-31(2)29-34(5)41(59-45-40(55)38(53)39(54)42(60-45)44(57)58)32(3)24-18-10-8-7-9-11-19-25-33(4)43(56)50-37-35(51)26-27-36(37)52/h7-12,15-16,18-19,22,24-25,29-32,38-42,45,51,53-55H,13-14,17,20-21,23,26-28H2,1-6H3,(H,50,56)(H,57,58)(H3,47,48,49). The Kier molecular flexibility index (Phi) is 23.8. The second-order valence-corrected chi connectivity index (χ2v) is 15.4. The average Bonchev–Trinajstić information content (AvgIpc) is 3.52. The number of nitrogens with one attached hydrogen (secondary N) is 4. The van der Waals surface area contributed by atoms with Crippen LogP contribution >= 0.6 is 0 Å². The summed E-state index contributed by atoms with van der Waals surface area (Å²) in [5.74, 6) is -1.71. The van der Waals surface area contributed by atoms with Gasteiger partial charge in [-0.25, -0.2) is 4.79 Å². The molecule has 2 rings (SSSR count). The fourth-order valence-corrected chi connectivity index (χ4v) is 6.43. The van der Waals surface area contributed by atoms with Gasteiger partial charge < -0.3 is 51.0 Å². The highest BCUT2D eigenvalue weighted by atomic mass is 16.7. The molecule has 1 saturated heterocycles. The quantitative estimate of drug-likeness (QED) is 0.0142. The zero-order valence-electron chi connectivity index (χ0n) is 35.9. The second-order valence-electron chi connectivity index (χ2n) is 15.4. The highest BCUT2D eigenvalue weighted by Gasteiger charge is 2.48. The van der Waals surface area contributed by atoms with E-state index in [1.165, 1.54) is 0 Å². The van der Waals surface area contributed by atoms with Crippen molar-refractivity contribution in [1.82, 2.24) is 16.0 Å². The summed E-state index contributed by atoms with van der Waals surface area (Å²) in [7, 11) is 1.72. The number of carboxylic acids is 1. The Bertz CT molecular complexity index is 1690. The van der Waals surface area contributed by atoms with Gasteiger partial charge in [0, 0.05) is 37.9 Å². The molecule has 0 aromatic carbocycles. The molecule has 0 radical (unpaired) electrons. The van der Waals surface area contributed by atoms with E-state index < -0.39 is 48.7 Å². The van der Waals surface area contributed by atoms with Gasteiger partial charge in [0.05, 0.1) is 6.10 Å². The van der Waals surface area contributed by atoms with Crippen LogP contribution in [0.15, 0.2) is 108 Å². The molecule has 1 fully saturated rings. The van der Waals surface area contributed by atoms with Crippen molar-refractivity contribution >= 4 is 23.6 Å². The van der Waals surface area contributed by atoms with Crippen molar-refractivity contribution in [3.63, 3.8) is 0 Å². The summed E-state index contributed by atoms with van der Waals surface area (Å²) in [5.41, 5.74) is 1.16. The highest BCUT2D eigenvalue weighted by molar-refractivity contribution is 6.04. The van der Waals surface area contributed by atoms with Gasteiger partial charge in [-0.15, -0.1) is 0 Å². The highest BCUT2D eigenvalue weighted by Crippen LogP contribution is 2.29. The minimum atomic E-state index is -1.83. The van der Waals surface area contributed by atoms with Gasteiger partial charge in [-0.2, -0.15) is 0 Å². The molecule has 1 amide bonds. The van der Waals surface area contributed by atoms with E-state index >= 15 is 0 Å². The van der Waals surface area contributed by atoms with Crippen LogP contribution in [-0.2, 0) is 23.9 Å². The molecule has 60 heavy (non-hydrogen) atoms. The Morgan fingerprint density at radius 3 is 2.20 bits per heavy atom. The molecule has 0 bridgehead atoms. The minimum absolute atomic E-state index is 0.0426. The topological polar surface area (TPSA) is 231 Å². The van der Waals surface area contributed by atoms with Crippen molar-refractivity contribution in [1.29, 1.82) is 5.41 Å². The number of Topliss-reactive ketones (excluding diaryl/α,β-unsaturated/α-hetero) is 1. The van der Waals surface area contributed by atoms with E-state index in [0.29, 0.717) is 17.5 Å². The normalized spacial score (nSPS) is 24.1. The van der Waals surface area contributed by atoms with Crippen LogP contribution in [-0.4, -0.2) is 99.6 Å².